The quantitative estimate of drug-likeness (QED) is 0.190. The second-order valence-electron chi connectivity index (χ2n) is 11.5. The summed E-state index contributed by atoms with van der Waals surface area (Å²) < 4.78 is 66.9. The first-order valence-corrected chi connectivity index (χ1v) is 14.9. The van der Waals surface area contributed by atoms with E-state index in [2.05, 4.69) is 54.6 Å². The summed E-state index contributed by atoms with van der Waals surface area (Å²) in [5.74, 6) is 0. The van der Waals surface area contributed by atoms with Gasteiger partial charge in [0.05, 0.1) is 9.60 Å². The molecule has 0 unspecified atom stereocenters. The second kappa shape index (κ2) is 9.29. The lowest BCUT2D eigenvalue weighted by atomic mass is 9.86. The summed E-state index contributed by atoms with van der Waals surface area (Å²) in [6, 6.07) is 36.5. The zero-order valence-corrected chi connectivity index (χ0v) is 23.9. The van der Waals surface area contributed by atoms with E-state index in [4.69, 9.17) is 14.0 Å². The SMILES string of the molecule is [2H]c1c([2H])c([2H])c2c(-c3ccc4ccc5c(-c6cccc7oc8ccc(-c9ccccc9)cc8c67)ccc6ccc3c4c65)c([2H])c([2H])c([2H])c2c1[2H]. The first kappa shape index (κ1) is 18.7. The molecule has 1 nitrogen and oxygen atoms in total. The molecule has 0 atom stereocenters. The highest BCUT2D eigenvalue weighted by Gasteiger charge is 2.19. The minimum absolute atomic E-state index is 0.0502. The Morgan fingerprint density at radius 1 is 0.378 bits per heavy atom. The molecule has 10 rings (SSSR count). The van der Waals surface area contributed by atoms with Gasteiger partial charge in [0.2, 0.25) is 0 Å². The summed E-state index contributed by atoms with van der Waals surface area (Å²) in [5, 5.41) is 7.93. The third-order valence-electron chi connectivity index (χ3n) is 9.14. The maximum absolute atomic E-state index is 9.06. The molecule has 45 heavy (non-hydrogen) atoms. The lowest BCUT2D eigenvalue weighted by molar-refractivity contribution is 0.669. The van der Waals surface area contributed by atoms with Crippen molar-refractivity contribution in [2.45, 2.75) is 0 Å². The Balaban J connectivity index is 1.28. The van der Waals surface area contributed by atoms with E-state index >= 15 is 0 Å². The first-order valence-electron chi connectivity index (χ1n) is 18.4. The van der Waals surface area contributed by atoms with Crippen molar-refractivity contribution in [1.82, 2.24) is 0 Å². The summed E-state index contributed by atoms with van der Waals surface area (Å²) in [5.41, 5.74) is 6.74. The van der Waals surface area contributed by atoms with Gasteiger partial charge in [0.15, 0.2) is 0 Å². The normalized spacial score (nSPS) is 14.2. The third kappa shape index (κ3) is 3.56. The van der Waals surface area contributed by atoms with Crippen molar-refractivity contribution in [1.29, 1.82) is 0 Å². The largest absolute Gasteiger partial charge is 0.456 e. The van der Waals surface area contributed by atoms with Gasteiger partial charge in [-0.3, -0.25) is 0 Å². The molecule has 0 radical (unpaired) electrons. The van der Waals surface area contributed by atoms with Crippen molar-refractivity contribution in [3.63, 3.8) is 0 Å². The molecule has 0 bridgehead atoms. The standard InChI is InChI=1S/C44H26O/c1-2-8-27(9-3-1)31-20-25-40-39(26-31)44-36(14-7-15-41(44)45-40)35-22-17-30-18-23-37-34(21-16-29-19-24-38(35)43(30)42(29)37)33-13-6-11-28-10-4-5-12-32(28)33/h1-26H/i4D,5D,6D,10D,11D,12D,13D. The summed E-state index contributed by atoms with van der Waals surface area (Å²) in [7, 11) is 0. The van der Waals surface area contributed by atoms with Crippen LogP contribution in [-0.2, 0) is 0 Å². The van der Waals surface area contributed by atoms with Crippen LogP contribution in [0, 0.1) is 0 Å². The van der Waals surface area contributed by atoms with E-state index in [1.807, 2.05) is 60.7 Å². The van der Waals surface area contributed by atoms with E-state index in [9.17, 15) is 0 Å². The van der Waals surface area contributed by atoms with Gasteiger partial charge >= 0.3 is 0 Å². The average molecular weight is 578 g/mol. The van der Waals surface area contributed by atoms with Crippen molar-refractivity contribution in [3.8, 4) is 33.4 Å². The summed E-state index contributed by atoms with van der Waals surface area (Å²) in [6.07, 6.45) is 0. The molecular formula is C44H26O. The highest BCUT2D eigenvalue weighted by atomic mass is 16.3. The Bertz CT molecular complexity index is 3140. The summed E-state index contributed by atoms with van der Waals surface area (Å²) >= 11 is 0. The number of fused-ring (bicyclic) bond motifs is 4. The van der Waals surface area contributed by atoms with Crippen LogP contribution in [0.25, 0.3) is 98.4 Å². The number of rotatable bonds is 3. The van der Waals surface area contributed by atoms with Gasteiger partial charge in [-0.2, -0.15) is 0 Å². The number of hydrogen-bond acceptors (Lipinski definition) is 1. The van der Waals surface area contributed by atoms with Crippen LogP contribution in [0.2, 0.25) is 0 Å². The Kier molecular flexibility index (Phi) is 3.86. The smallest absolute Gasteiger partial charge is 0.136 e. The lowest BCUT2D eigenvalue weighted by Crippen LogP contribution is -1.90. The molecule has 1 heteroatoms. The zero-order chi connectivity index (χ0) is 35.6. The van der Waals surface area contributed by atoms with Crippen LogP contribution < -0.4 is 0 Å². The van der Waals surface area contributed by atoms with Crippen LogP contribution in [0.1, 0.15) is 9.60 Å². The number of benzene rings is 9. The average Bonchev–Trinajstić information content (AvgIpc) is 3.56. The minimum Gasteiger partial charge on any atom is -0.456 e. The third-order valence-corrected chi connectivity index (χ3v) is 9.14. The molecule has 0 spiro atoms. The van der Waals surface area contributed by atoms with Crippen LogP contribution in [0.15, 0.2) is 162 Å². The Labute approximate surface area is 269 Å². The molecule has 1 heterocycles. The van der Waals surface area contributed by atoms with E-state index in [1.165, 1.54) is 0 Å². The number of hydrogen-bond donors (Lipinski definition) is 0. The monoisotopic (exact) mass is 577 g/mol. The van der Waals surface area contributed by atoms with Crippen LogP contribution in [0.5, 0.6) is 0 Å². The van der Waals surface area contributed by atoms with Gasteiger partial charge in [-0.05, 0) is 94.7 Å². The molecule has 0 N–H and O–H groups in total. The van der Waals surface area contributed by atoms with Gasteiger partial charge in [0, 0.05) is 10.8 Å². The first-order chi connectivity index (χ1) is 25.2. The van der Waals surface area contributed by atoms with Gasteiger partial charge in [0.1, 0.15) is 11.2 Å². The molecule has 10 aromatic rings. The molecule has 0 saturated carbocycles. The minimum atomic E-state index is -0.464. The van der Waals surface area contributed by atoms with Crippen LogP contribution in [0.3, 0.4) is 0 Å². The molecule has 0 aliphatic heterocycles. The summed E-state index contributed by atoms with van der Waals surface area (Å²) in [6.45, 7) is 0. The van der Waals surface area contributed by atoms with Crippen LogP contribution >= 0.6 is 0 Å². The predicted molar refractivity (Wildman–Crippen MR) is 191 cm³/mol. The van der Waals surface area contributed by atoms with Gasteiger partial charge < -0.3 is 4.42 Å². The molecule has 0 aliphatic rings. The number of furan rings is 1. The molecule has 0 fully saturated rings. The fourth-order valence-corrected chi connectivity index (χ4v) is 7.13. The Hall–Kier alpha value is -5.92. The van der Waals surface area contributed by atoms with Crippen molar-refractivity contribution in [3.05, 3.63) is 158 Å². The van der Waals surface area contributed by atoms with Gasteiger partial charge in [-0.1, -0.05) is 139 Å². The predicted octanol–water partition coefficient (Wildman–Crippen LogP) is 12.6. The fourth-order valence-electron chi connectivity index (χ4n) is 7.13. The van der Waals surface area contributed by atoms with E-state index in [0.29, 0.717) is 5.56 Å². The maximum atomic E-state index is 9.06. The summed E-state index contributed by atoms with van der Waals surface area (Å²) in [4.78, 5) is 0. The molecule has 1 aromatic heterocycles. The molecular weight excluding hydrogens is 544 g/mol. The van der Waals surface area contributed by atoms with Crippen molar-refractivity contribution < 1.29 is 14.0 Å². The maximum Gasteiger partial charge on any atom is 0.136 e. The van der Waals surface area contributed by atoms with Gasteiger partial charge in [-0.25, -0.2) is 0 Å². The molecule has 208 valence electrons. The lowest BCUT2D eigenvalue weighted by Gasteiger charge is -2.17. The highest BCUT2D eigenvalue weighted by Crippen LogP contribution is 2.45. The van der Waals surface area contributed by atoms with Gasteiger partial charge in [-0.15, -0.1) is 0 Å². The molecule has 0 saturated heterocycles. The highest BCUT2D eigenvalue weighted by molar-refractivity contribution is 6.29. The second-order valence-corrected chi connectivity index (χ2v) is 11.5. The van der Waals surface area contributed by atoms with E-state index in [-0.39, 0.29) is 46.5 Å². The van der Waals surface area contributed by atoms with Crippen molar-refractivity contribution >= 4 is 65.0 Å². The van der Waals surface area contributed by atoms with Crippen molar-refractivity contribution in [2.24, 2.45) is 0 Å². The van der Waals surface area contributed by atoms with E-state index in [1.54, 1.807) is 0 Å². The molecule has 0 amide bonds. The zero-order valence-electron chi connectivity index (χ0n) is 30.9. The van der Waals surface area contributed by atoms with Gasteiger partial charge in [0.25, 0.3) is 0 Å². The Morgan fingerprint density at radius 2 is 1.09 bits per heavy atom. The molecule has 9 aromatic carbocycles. The van der Waals surface area contributed by atoms with Crippen LogP contribution in [-0.4, -0.2) is 0 Å². The topological polar surface area (TPSA) is 13.1 Å². The van der Waals surface area contributed by atoms with Crippen molar-refractivity contribution in [2.75, 3.05) is 0 Å². The Morgan fingerprint density at radius 3 is 1.89 bits per heavy atom. The van der Waals surface area contributed by atoms with E-state index < -0.39 is 12.1 Å². The van der Waals surface area contributed by atoms with E-state index in [0.717, 1.165) is 76.5 Å². The van der Waals surface area contributed by atoms with Crippen LogP contribution in [0.4, 0.5) is 0 Å². The molecule has 0 aliphatic carbocycles. The fraction of sp³-hybridized carbons (Fsp3) is 0.